The Bertz CT molecular complexity index is 938. The average molecular weight is 396 g/mol. The van der Waals surface area contributed by atoms with Gasteiger partial charge in [0.15, 0.2) is 6.10 Å². The van der Waals surface area contributed by atoms with Crippen LogP contribution in [0.5, 0.6) is 5.75 Å². The molecule has 0 aromatic heterocycles. The van der Waals surface area contributed by atoms with Gasteiger partial charge in [0.2, 0.25) is 11.8 Å². The van der Waals surface area contributed by atoms with Gasteiger partial charge in [0, 0.05) is 12.8 Å². The summed E-state index contributed by atoms with van der Waals surface area (Å²) in [5, 5.41) is 2.65. The molecule has 3 rings (SSSR count). The van der Waals surface area contributed by atoms with Crippen LogP contribution < -0.4 is 15.0 Å². The van der Waals surface area contributed by atoms with Crippen LogP contribution in [0.1, 0.15) is 30.1 Å². The van der Waals surface area contributed by atoms with Gasteiger partial charge in [-0.2, -0.15) is 0 Å². The summed E-state index contributed by atoms with van der Waals surface area (Å²) in [4.78, 5) is 49.3. The van der Waals surface area contributed by atoms with Crippen molar-refractivity contribution in [1.82, 2.24) is 0 Å². The zero-order valence-corrected chi connectivity index (χ0v) is 16.0. The lowest BCUT2D eigenvalue weighted by molar-refractivity contribution is -0.124. The van der Waals surface area contributed by atoms with Crippen LogP contribution >= 0.6 is 0 Å². The van der Waals surface area contributed by atoms with E-state index in [0.717, 1.165) is 4.90 Å². The molecule has 8 nitrogen and oxygen atoms in total. The maximum Gasteiger partial charge on any atom is 0.338 e. The maximum atomic E-state index is 12.3. The molecule has 0 aliphatic carbocycles. The van der Waals surface area contributed by atoms with Crippen molar-refractivity contribution in [2.75, 3.05) is 17.3 Å². The van der Waals surface area contributed by atoms with Gasteiger partial charge in [-0.05, 0) is 43.3 Å². The number of para-hydroxylation sites is 2. The molecule has 1 fully saturated rings. The molecule has 3 amide bonds. The monoisotopic (exact) mass is 396 g/mol. The van der Waals surface area contributed by atoms with E-state index >= 15 is 0 Å². The van der Waals surface area contributed by atoms with Gasteiger partial charge in [-0.1, -0.05) is 12.1 Å². The predicted octanol–water partition coefficient (Wildman–Crippen LogP) is 2.53. The summed E-state index contributed by atoms with van der Waals surface area (Å²) in [6, 6.07) is 12.8. The molecular weight excluding hydrogens is 376 g/mol. The maximum absolute atomic E-state index is 12.3. The van der Waals surface area contributed by atoms with Crippen molar-refractivity contribution in [3.63, 3.8) is 0 Å². The number of nitrogens with one attached hydrogen (secondary N) is 1. The van der Waals surface area contributed by atoms with Crippen LogP contribution in [0.3, 0.4) is 0 Å². The molecule has 0 saturated carbocycles. The molecule has 0 unspecified atom stereocenters. The number of imide groups is 1. The SMILES string of the molecule is COc1ccccc1NC(=O)[C@@H](C)OC(=O)c1ccc(N2C(=O)CCC2=O)cc1. The first-order valence-corrected chi connectivity index (χ1v) is 9.01. The van der Waals surface area contributed by atoms with Crippen LogP contribution in [0, 0.1) is 0 Å². The van der Waals surface area contributed by atoms with E-state index in [0.29, 0.717) is 17.1 Å². The summed E-state index contributed by atoms with van der Waals surface area (Å²) in [5.41, 5.74) is 1.06. The quantitative estimate of drug-likeness (QED) is 0.595. The highest BCUT2D eigenvalue weighted by Gasteiger charge is 2.30. The molecule has 0 radical (unpaired) electrons. The highest BCUT2D eigenvalue weighted by molar-refractivity contribution is 6.19. The molecule has 2 aromatic carbocycles. The van der Waals surface area contributed by atoms with Crippen molar-refractivity contribution >= 4 is 35.1 Å². The number of carbonyl (C=O) groups excluding carboxylic acids is 4. The lowest BCUT2D eigenvalue weighted by atomic mass is 10.2. The summed E-state index contributed by atoms with van der Waals surface area (Å²) in [7, 11) is 1.49. The third kappa shape index (κ3) is 4.43. The second kappa shape index (κ2) is 8.55. The lowest BCUT2D eigenvalue weighted by Gasteiger charge is -2.16. The zero-order valence-electron chi connectivity index (χ0n) is 16.0. The Labute approximate surface area is 167 Å². The molecule has 8 heteroatoms. The summed E-state index contributed by atoms with van der Waals surface area (Å²) in [5.74, 6) is -1.26. The fraction of sp³-hybridized carbons (Fsp3) is 0.238. The van der Waals surface area contributed by atoms with Gasteiger partial charge in [-0.25, -0.2) is 4.79 Å². The first-order valence-electron chi connectivity index (χ1n) is 9.01. The van der Waals surface area contributed by atoms with E-state index in [2.05, 4.69) is 5.32 Å². The normalized spacial score (nSPS) is 14.5. The highest BCUT2D eigenvalue weighted by Crippen LogP contribution is 2.24. The van der Waals surface area contributed by atoms with Crippen LogP contribution in [0.15, 0.2) is 48.5 Å². The van der Waals surface area contributed by atoms with Crippen molar-refractivity contribution in [3.05, 3.63) is 54.1 Å². The van der Waals surface area contributed by atoms with E-state index in [-0.39, 0.29) is 30.2 Å². The van der Waals surface area contributed by atoms with Crippen molar-refractivity contribution in [3.8, 4) is 5.75 Å². The van der Waals surface area contributed by atoms with Crippen LogP contribution in [-0.2, 0) is 19.1 Å². The average Bonchev–Trinajstić information content (AvgIpc) is 3.06. The number of benzene rings is 2. The van der Waals surface area contributed by atoms with Crippen molar-refractivity contribution in [2.45, 2.75) is 25.9 Å². The van der Waals surface area contributed by atoms with Crippen LogP contribution in [0.25, 0.3) is 0 Å². The second-order valence-electron chi connectivity index (χ2n) is 6.41. The number of amides is 3. The number of carbonyl (C=O) groups is 4. The largest absolute Gasteiger partial charge is 0.495 e. The minimum Gasteiger partial charge on any atom is -0.495 e. The fourth-order valence-corrected chi connectivity index (χ4v) is 2.88. The highest BCUT2D eigenvalue weighted by atomic mass is 16.5. The Morgan fingerprint density at radius 3 is 2.24 bits per heavy atom. The molecule has 0 spiro atoms. The Balaban J connectivity index is 1.62. The minimum atomic E-state index is -1.05. The molecule has 1 atom stereocenters. The predicted molar refractivity (Wildman–Crippen MR) is 105 cm³/mol. The van der Waals surface area contributed by atoms with Gasteiger partial charge < -0.3 is 14.8 Å². The molecule has 150 valence electrons. The van der Waals surface area contributed by atoms with Crippen molar-refractivity contribution < 1.29 is 28.7 Å². The fourth-order valence-electron chi connectivity index (χ4n) is 2.88. The standard InChI is InChI=1S/C21H20N2O6/c1-13(20(26)22-16-5-3-4-6-17(16)28-2)29-21(27)14-7-9-15(10-8-14)23-18(24)11-12-19(23)25/h3-10,13H,11-12H2,1-2H3,(H,22,26)/t13-/m1/s1. The molecule has 1 aliphatic heterocycles. The zero-order chi connectivity index (χ0) is 21.0. The van der Waals surface area contributed by atoms with Crippen LogP contribution in [-0.4, -0.2) is 36.9 Å². The molecule has 1 N–H and O–H groups in total. The second-order valence-corrected chi connectivity index (χ2v) is 6.41. The number of ether oxygens (including phenoxy) is 2. The first-order chi connectivity index (χ1) is 13.9. The van der Waals surface area contributed by atoms with Crippen LogP contribution in [0.4, 0.5) is 11.4 Å². The van der Waals surface area contributed by atoms with Crippen molar-refractivity contribution in [2.24, 2.45) is 0 Å². The van der Waals surface area contributed by atoms with Gasteiger partial charge >= 0.3 is 5.97 Å². The molecular formula is C21H20N2O6. The Hall–Kier alpha value is -3.68. The number of nitrogens with zero attached hydrogens (tertiary/aromatic N) is 1. The van der Waals surface area contributed by atoms with E-state index in [1.165, 1.54) is 38.3 Å². The van der Waals surface area contributed by atoms with Gasteiger partial charge in [0.05, 0.1) is 24.0 Å². The summed E-state index contributed by atoms with van der Waals surface area (Å²) in [6.45, 7) is 1.46. The lowest BCUT2D eigenvalue weighted by Crippen LogP contribution is -2.30. The molecule has 1 aliphatic rings. The Kier molecular flexibility index (Phi) is 5.92. The topological polar surface area (TPSA) is 102 Å². The smallest absolute Gasteiger partial charge is 0.338 e. The number of anilines is 2. The van der Waals surface area contributed by atoms with Gasteiger partial charge in [-0.3, -0.25) is 19.3 Å². The van der Waals surface area contributed by atoms with Crippen molar-refractivity contribution in [1.29, 1.82) is 0 Å². The third-order valence-electron chi connectivity index (χ3n) is 4.43. The summed E-state index contributed by atoms with van der Waals surface area (Å²) in [6.07, 6.45) is -0.683. The first kappa shape index (κ1) is 20.1. The van der Waals surface area contributed by atoms with E-state index in [1.54, 1.807) is 24.3 Å². The molecule has 1 saturated heterocycles. The van der Waals surface area contributed by atoms with Gasteiger partial charge in [0.25, 0.3) is 5.91 Å². The van der Waals surface area contributed by atoms with E-state index in [1.807, 2.05) is 0 Å². The third-order valence-corrected chi connectivity index (χ3v) is 4.43. The molecule has 29 heavy (non-hydrogen) atoms. The van der Waals surface area contributed by atoms with Gasteiger partial charge in [0.1, 0.15) is 5.75 Å². The molecule has 0 bridgehead atoms. The minimum absolute atomic E-state index is 0.182. The van der Waals surface area contributed by atoms with E-state index in [9.17, 15) is 19.2 Å². The summed E-state index contributed by atoms with van der Waals surface area (Å²) < 4.78 is 10.4. The number of methoxy groups -OCH3 is 1. The molecule has 1 heterocycles. The number of hydrogen-bond donors (Lipinski definition) is 1. The van der Waals surface area contributed by atoms with Crippen LogP contribution in [0.2, 0.25) is 0 Å². The van der Waals surface area contributed by atoms with Gasteiger partial charge in [-0.15, -0.1) is 0 Å². The summed E-state index contributed by atoms with van der Waals surface area (Å²) >= 11 is 0. The Morgan fingerprint density at radius 2 is 1.62 bits per heavy atom. The Morgan fingerprint density at radius 1 is 1.00 bits per heavy atom. The number of rotatable bonds is 6. The molecule has 2 aromatic rings. The van der Waals surface area contributed by atoms with E-state index < -0.39 is 18.0 Å². The number of esters is 1. The van der Waals surface area contributed by atoms with E-state index in [4.69, 9.17) is 9.47 Å². The number of hydrogen-bond acceptors (Lipinski definition) is 6.